The topological polar surface area (TPSA) is 75.2 Å². The molecule has 2 aliphatic rings. The normalized spacial score (nSPS) is 16.6. The van der Waals surface area contributed by atoms with Crippen molar-refractivity contribution in [2.24, 2.45) is 0 Å². The van der Waals surface area contributed by atoms with Crippen molar-refractivity contribution in [3.8, 4) is 12.3 Å². The zero-order valence-corrected chi connectivity index (χ0v) is 14.1. The van der Waals surface area contributed by atoms with Gasteiger partial charge in [0.2, 0.25) is 11.9 Å². The fourth-order valence-corrected chi connectivity index (χ4v) is 3.47. The highest BCUT2D eigenvalue weighted by Gasteiger charge is 2.53. The van der Waals surface area contributed by atoms with E-state index in [-0.39, 0.29) is 30.2 Å². The number of fused-ring (bicyclic) bond motifs is 2. The highest BCUT2D eigenvalue weighted by atomic mass is 19.1. The van der Waals surface area contributed by atoms with Crippen LogP contribution in [-0.2, 0) is 10.2 Å². The van der Waals surface area contributed by atoms with E-state index in [0.29, 0.717) is 5.56 Å². The number of aromatic nitrogens is 2. The van der Waals surface area contributed by atoms with Gasteiger partial charge < -0.3 is 4.90 Å². The second kappa shape index (κ2) is 6.13. The molecule has 2 heterocycles. The van der Waals surface area contributed by atoms with Crippen LogP contribution in [0.25, 0.3) is 0 Å². The fraction of sp³-hybridized carbons (Fsp3) is 0.263. The minimum atomic E-state index is -0.625. The second-order valence-electron chi connectivity index (χ2n) is 6.71. The third kappa shape index (κ3) is 2.91. The Balaban J connectivity index is 1.57. The van der Waals surface area contributed by atoms with Crippen molar-refractivity contribution >= 4 is 17.8 Å². The van der Waals surface area contributed by atoms with Crippen molar-refractivity contribution in [3.63, 3.8) is 0 Å². The van der Waals surface area contributed by atoms with Crippen LogP contribution in [0.1, 0.15) is 34.3 Å². The lowest BCUT2D eigenvalue weighted by atomic mass is 9.84. The van der Waals surface area contributed by atoms with Gasteiger partial charge in [0.05, 0.1) is 18.0 Å². The average Bonchev–Trinajstić information content (AvgIpc) is 3.41. The van der Waals surface area contributed by atoms with Crippen molar-refractivity contribution < 1.29 is 18.4 Å². The Kier molecular flexibility index (Phi) is 3.88. The van der Waals surface area contributed by atoms with Gasteiger partial charge in [0.25, 0.3) is 5.91 Å². The molecule has 0 bridgehead atoms. The van der Waals surface area contributed by atoms with Crippen molar-refractivity contribution in [2.45, 2.75) is 18.3 Å². The summed E-state index contributed by atoms with van der Waals surface area (Å²) in [6.45, 7) is 0.000736. The Morgan fingerprint density at radius 2 is 2.00 bits per heavy atom. The smallest absolute Gasteiger partial charge is 0.254 e. The first-order chi connectivity index (χ1) is 12.9. The number of hydrogen-bond acceptors (Lipinski definition) is 4. The minimum absolute atomic E-state index is 0.0582. The number of nitrogens with one attached hydrogen (secondary N) is 1. The molecular formula is C19H14F2N4O2. The molecule has 1 saturated carbocycles. The molecule has 1 spiro atoms. The van der Waals surface area contributed by atoms with Crippen LogP contribution in [0.3, 0.4) is 0 Å². The lowest BCUT2D eigenvalue weighted by molar-refractivity contribution is -0.117. The molecule has 2 amide bonds. The minimum Gasteiger partial charge on any atom is -0.328 e. The molecule has 0 atom stereocenters. The summed E-state index contributed by atoms with van der Waals surface area (Å²) in [7, 11) is 0. The van der Waals surface area contributed by atoms with Gasteiger partial charge in [-0.05, 0) is 25.0 Å². The molecule has 0 saturated heterocycles. The highest BCUT2D eigenvalue weighted by molar-refractivity contribution is 6.01. The molecule has 0 unspecified atom stereocenters. The highest BCUT2D eigenvalue weighted by Crippen LogP contribution is 2.53. The van der Waals surface area contributed by atoms with Gasteiger partial charge in [-0.15, -0.1) is 6.42 Å². The number of hydrogen-bond donors (Lipinski definition) is 1. The van der Waals surface area contributed by atoms with Crippen LogP contribution < -0.4 is 5.32 Å². The van der Waals surface area contributed by atoms with E-state index in [0.717, 1.165) is 25.2 Å². The van der Waals surface area contributed by atoms with Gasteiger partial charge in [-0.3, -0.25) is 14.9 Å². The Bertz CT molecular complexity index is 994. The predicted octanol–water partition coefficient (Wildman–Crippen LogP) is 1.86. The Morgan fingerprint density at radius 1 is 1.30 bits per heavy atom. The average molecular weight is 368 g/mol. The summed E-state index contributed by atoms with van der Waals surface area (Å²) >= 11 is 0. The van der Waals surface area contributed by atoms with Crippen LogP contribution in [0.5, 0.6) is 0 Å². The van der Waals surface area contributed by atoms with Crippen LogP contribution in [0, 0.1) is 24.0 Å². The largest absolute Gasteiger partial charge is 0.328 e. The van der Waals surface area contributed by atoms with Gasteiger partial charge in [0.15, 0.2) is 5.82 Å². The van der Waals surface area contributed by atoms with Gasteiger partial charge in [-0.25, -0.2) is 18.7 Å². The maximum atomic E-state index is 14.7. The third-order valence-electron chi connectivity index (χ3n) is 4.90. The molecule has 27 heavy (non-hydrogen) atoms. The summed E-state index contributed by atoms with van der Waals surface area (Å²) in [5, 5.41) is 2.42. The van der Waals surface area contributed by atoms with Gasteiger partial charge in [-0.2, -0.15) is 0 Å². The second-order valence-corrected chi connectivity index (χ2v) is 6.71. The molecule has 4 rings (SSSR count). The lowest BCUT2D eigenvalue weighted by Crippen LogP contribution is -2.47. The molecule has 2 aromatic rings. The first-order valence-corrected chi connectivity index (χ1v) is 8.30. The monoisotopic (exact) mass is 368 g/mol. The zero-order chi connectivity index (χ0) is 19.2. The van der Waals surface area contributed by atoms with Crippen LogP contribution >= 0.6 is 0 Å². The molecule has 8 heteroatoms. The summed E-state index contributed by atoms with van der Waals surface area (Å²) in [6, 6.07) is 2.92. The van der Waals surface area contributed by atoms with Gasteiger partial charge in [0, 0.05) is 23.1 Å². The molecular weight excluding hydrogens is 354 g/mol. The number of nitrogens with zero attached hydrogens (tertiary/aromatic N) is 3. The Morgan fingerprint density at radius 3 is 2.63 bits per heavy atom. The van der Waals surface area contributed by atoms with E-state index in [4.69, 9.17) is 6.42 Å². The van der Waals surface area contributed by atoms with Crippen molar-refractivity contribution in [1.29, 1.82) is 0 Å². The molecule has 1 aliphatic heterocycles. The van der Waals surface area contributed by atoms with Crippen LogP contribution in [0.2, 0.25) is 0 Å². The van der Waals surface area contributed by atoms with Crippen LogP contribution in [0.4, 0.5) is 14.7 Å². The molecule has 0 radical (unpaired) electrons. The number of carbonyl (C=O) groups excluding carboxylic acids is 2. The van der Waals surface area contributed by atoms with Gasteiger partial charge in [-0.1, -0.05) is 5.92 Å². The maximum Gasteiger partial charge on any atom is 0.254 e. The lowest BCUT2D eigenvalue weighted by Gasteiger charge is -2.34. The molecule has 1 N–H and O–H groups in total. The molecule has 1 aromatic carbocycles. The SMILES string of the molecule is C#Cc1ccc2c(c1F)C1(CC1)CN(CC(=O)Nc1ncc(F)cn1)C2=O. The quantitative estimate of drug-likeness (QED) is 0.840. The van der Waals surface area contributed by atoms with Crippen LogP contribution in [-0.4, -0.2) is 39.8 Å². The number of carbonyl (C=O) groups is 2. The summed E-state index contributed by atoms with van der Waals surface area (Å²) in [5.74, 6) is 0.140. The third-order valence-corrected chi connectivity index (χ3v) is 4.90. The molecule has 1 fully saturated rings. The number of rotatable bonds is 3. The Hall–Kier alpha value is -3.34. The summed E-state index contributed by atoms with van der Waals surface area (Å²) in [6.07, 6.45) is 8.62. The van der Waals surface area contributed by atoms with Gasteiger partial charge >= 0.3 is 0 Å². The standard InChI is InChI=1S/C19H14F2N4O2/c1-2-11-3-4-13-15(16(11)21)19(5-6-19)10-25(17(13)27)9-14(26)24-18-22-7-12(20)8-23-18/h1,3-4,7-8H,5-6,9-10H2,(H,22,23,24,26). The van der Waals surface area contributed by atoms with E-state index in [2.05, 4.69) is 21.2 Å². The molecule has 1 aliphatic carbocycles. The summed E-state index contributed by atoms with van der Waals surface area (Å²) in [4.78, 5) is 33.7. The summed E-state index contributed by atoms with van der Waals surface area (Å²) < 4.78 is 27.6. The van der Waals surface area contributed by atoms with E-state index < -0.39 is 28.9 Å². The van der Waals surface area contributed by atoms with E-state index in [1.165, 1.54) is 17.0 Å². The number of halogens is 2. The molecule has 1 aromatic heterocycles. The van der Waals surface area contributed by atoms with E-state index in [1.54, 1.807) is 0 Å². The van der Waals surface area contributed by atoms with E-state index >= 15 is 0 Å². The summed E-state index contributed by atoms with van der Waals surface area (Å²) in [5.41, 5.74) is 0.238. The number of terminal acetylenes is 1. The fourth-order valence-electron chi connectivity index (χ4n) is 3.47. The van der Waals surface area contributed by atoms with Crippen molar-refractivity contribution in [2.75, 3.05) is 18.4 Å². The first kappa shape index (κ1) is 17.1. The Labute approximate surface area is 153 Å². The number of benzene rings is 1. The van der Waals surface area contributed by atoms with Crippen LogP contribution in [0.15, 0.2) is 24.5 Å². The number of anilines is 1. The van der Waals surface area contributed by atoms with E-state index in [9.17, 15) is 18.4 Å². The van der Waals surface area contributed by atoms with E-state index in [1.807, 2.05) is 0 Å². The maximum absolute atomic E-state index is 14.7. The van der Waals surface area contributed by atoms with Gasteiger partial charge in [0.1, 0.15) is 12.4 Å². The van der Waals surface area contributed by atoms with Crippen molar-refractivity contribution in [1.82, 2.24) is 14.9 Å². The molecule has 136 valence electrons. The zero-order valence-electron chi connectivity index (χ0n) is 14.1. The molecule has 6 nitrogen and oxygen atoms in total. The first-order valence-electron chi connectivity index (χ1n) is 8.30. The predicted molar refractivity (Wildman–Crippen MR) is 91.8 cm³/mol. The van der Waals surface area contributed by atoms with Crippen molar-refractivity contribution in [3.05, 3.63) is 52.9 Å². The number of amides is 2.